The fourth-order valence-corrected chi connectivity index (χ4v) is 3.57. The molecule has 0 radical (unpaired) electrons. The van der Waals surface area contributed by atoms with E-state index in [1.807, 2.05) is 30.3 Å². The Bertz CT molecular complexity index is 789. The summed E-state index contributed by atoms with van der Waals surface area (Å²) in [4.78, 5) is 2.16. The first-order valence-electron chi connectivity index (χ1n) is 9.54. The second-order valence-electron chi connectivity index (χ2n) is 7.00. The number of aryl methyl sites for hydroxylation is 1. The van der Waals surface area contributed by atoms with Gasteiger partial charge in [-0.15, -0.1) is 0 Å². The lowest BCUT2D eigenvalue weighted by molar-refractivity contribution is 0.0905. The number of methoxy groups -OCH3 is 2. The van der Waals surface area contributed by atoms with Crippen molar-refractivity contribution in [3.63, 3.8) is 0 Å². The molecule has 0 bridgehead atoms. The number of nitrogens with one attached hydrogen (secondary N) is 1. The van der Waals surface area contributed by atoms with Gasteiger partial charge >= 0.3 is 0 Å². The van der Waals surface area contributed by atoms with Crippen LogP contribution >= 0.6 is 12.2 Å². The van der Waals surface area contributed by atoms with E-state index in [4.69, 9.17) is 26.4 Å². The van der Waals surface area contributed by atoms with Crippen LogP contribution in [-0.4, -0.2) is 43.5 Å². The molecule has 0 spiro atoms. The minimum absolute atomic E-state index is 0.206. The third kappa shape index (κ3) is 5.36. The molecule has 28 heavy (non-hydrogen) atoms. The first-order chi connectivity index (χ1) is 13.6. The Morgan fingerprint density at radius 1 is 1.18 bits per heavy atom. The lowest BCUT2D eigenvalue weighted by Crippen LogP contribution is -2.39. The molecule has 1 heterocycles. The molecular weight excluding hydrogens is 372 g/mol. The number of benzene rings is 2. The van der Waals surface area contributed by atoms with Gasteiger partial charge in [-0.25, -0.2) is 0 Å². The number of hydrogen-bond acceptors (Lipinski definition) is 4. The topological polar surface area (TPSA) is 43.0 Å². The average Bonchev–Trinajstić information content (AvgIpc) is 3.21. The summed E-state index contributed by atoms with van der Waals surface area (Å²) in [7, 11) is 3.34. The van der Waals surface area contributed by atoms with Crippen LogP contribution in [0.5, 0.6) is 11.5 Å². The van der Waals surface area contributed by atoms with Crippen LogP contribution in [0.4, 0.5) is 5.69 Å². The van der Waals surface area contributed by atoms with Crippen LogP contribution in [0.3, 0.4) is 0 Å². The van der Waals surface area contributed by atoms with E-state index in [0.29, 0.717) is 11.7 Å². The summed E-state index contributed by atoms with van der Waals surface area (Å²) in [6.45, 7) is 4.33. The Morgan fingerprint density at radius 3 is 2.61 bits per heavy atom. The van der Waals surface area contributed by atoms with Gasteiger partial charge in [-0.1, -0.05) is 18.2 Å². The zero-order valence-corrected chi connectivity index (χ0v) is 17.6. The molecular formula is C22H28N2O3S. The molecule has 2 aromatic rings. The number of rotatable bonds is 7. The maximum Gasteiger partial charge on any atom is 0.173 e. The predicted octanol–water partition coefficient (Wildman–Crippen LogP) is 4.39. The minimum Gasteiger partial charge on any atom is -0.497 e. The van der Waals surface area contributed by atoms with Crippen LogP contribution in [0.25, 0.3) is 0 Å². The van der Waals surface area contributed by atoms with Crippen molar-refractivity contribution < 1.29 is 14.2 Å². The van der Waals surface area contributed by atoms with Crippen molar-refractivity contribution in [2.24, 2.45) is 0 Å². The van der Waals surface area contributed by atoms with E-state index in [-0.39, 0.29) is 6.10 Å². The Hall–Kier alpha value is -2.31. The first kappa shape index (κ1) is 20.4. The Labute approximate surface area is 172 Å². The quantitative estimate of drug-likeness (QED) is 0.696. The molecule has 3 rings (SSSR count). The molecule has 0 saturated carbocycles. The van der Waals surface area contributed by atoms with Crippen molar-refractivity contribution in [3.05, 3.63) is 53.6 Å². The van der Waals surface area contributed by atoms with Crippen molar-refractivity contribution in [1.82, 2.24) is 4.90 Å². The van der Waals surface area contributed by atoms with Gasteiger partial charge in [0.15, 0.2) is 5.11 Å². The fraction of sp³-hybridized carbons (Fsp3) is 0.409. The van der Waals surface area contributed by atoms with Crippen LogP contribution in [0, 0.1) is 6.92 Å². The molecule has 1 unspecified atom stereocenters. The lowest BCUT2D eigenvalue weighted by atomic mass is 10.1. The molecule has 2 aromatic carbocycles. The van der Waals surface area contributed by atoms with E-state index < -0.39 is 0 Å². The van der Waals surface area contributed by atoms with Gasteiger partial charge in [0.05, 0.1) is 26.0 Å². The number of ether oxygens (including phenoxy) is 3. The molecule has 6 heteroatoms. The molecule has 1 saturated heterocycles. The Morgan fingerprint density at radius 2 is 1.96 bits per heavy atom. The number of hydrogen-bond donors (Lipinski definition) is 1. The standard InChI is InChI=1S/C22H28N2O3S/c1-16-6-11-21(26-3)20(13-16)23-22(28)24(15-19-5-4-12-27-19)14-17-7-9-18(25-2)10-8-17/h6-11,13,19H,4-5,12,14-15H2,1-3H3,(H,23,28). The largest absolute Gasteiger partial charge is 0.497 e. The summed E-state index contributed by atoms with van der Waals surface area (Å²) in [5.74, 6) is 1.62. The van der Waals surface area contributed by atoms with Crippen LogP contribution in [0.15, 0.2) is 42.5 Å². The molecule has 1 fully saturated rings. The molecule has 5 nitrogen and oxygen atoms in total. The van der Waals surface area contributed by atoms with Crippen molar-refractivity contribution in [3.8, 4) is 11.5 Å². The van der Waals surface area contributed by atoms with E-state index >= 15 is 0 Å². The van der Waals surface area contributed by atoms with E-state index in [0.717, 1.165) is 48.7 Å². The van der Waals surface area contributed by atoms with Crippen LogP contribution in [0.1, 0.15) is 24.0 Å². The highest BCUT2D eigenvalue weighted by atomic mass is 32.1. The highest BCUT2D eigenvalue weighted by Crippen LogP contribution is 2.26. The fourth-order valence-electron chi connectivity index (χ4n) is 3.32. The Balaban J connectivity index is 1.76. The van der Waals surface area contributed by atoms with Crippen molar-refractivity contribution in [2.45, 2.75) is 32.4 Å². The summed E-state index contributed by atoms with van der Waals surface area (Å²) in [5, 5.41) is 4.03. The van der Waals surface area contributed by atoms with Crippen LogP contribution in [-0.2, 0) is 11.3 Å². The number of nitrogens with zero attached hydrogens (tertiary/aromatic N) is 1. The minimum atomic E-state index is 0.206. The predicted molar refractivity (Wildman–Crippen MR) is 116 cm³/mol. The van der Waals surface area contributed by atoms with E-state index in [2.05, 4.69) is 29.3 Å². The van der Waals surface area contributed by atoms with Crippen LogP contribution in [0.2, 0.25) is 0 Å². The molecule has 1 aliphatic heterocycles. The molecule has 1 aliphatic rings. The smallest absolute Gasteiger partial charge is 0.173 e. The molecule has 0 aromatic heterocycles. The summed E-state index contributed by atoms with van der Waals surface area (Å²) >= 11 is 5.77. The van der Waals surface area contributed by atoms with E-state index in [1.165, 1.54) is 5.56 Å². The summed E-state index contributed by atoms with van der Waals surface area (Å²) < 4.78 is 16.6. The molecule has 0 amide bonds. The monoisotopic (exact) mass is 400 g/mol. The normalized spacial score (nSPS) is 15.9. The van der Waals surface area contributed by atoms with Crippen LogP contribution < -0.4 is 14.8 Å². The third-order valence-electron chi connectivity index (χ3n) is 4.86. The van der Waals surface area contributed by atoms with Gasteiger partial charge in [-0.05, 0) is 67.4 Å². The molecule has 1 N–H and O–H groups in total. The van der Waals surface area contributed by atoms with Gasteiger partial charge in [0.25, 0.3) is 0 Å². The molecule has 0 aliphatic carbocycles. The summed E-state index contributed by atoms with van der Waals surface area (Å²) in [6, 6.07) is 14.1. The highest BCUT2D eigenvalue weighted by Gasteiger charge is 2.22. The zero-order valence-electron chi connectivity index (χ0n) is 16.7. The van der Waals surface area contributed by atoms with Gasteiger partial charge < -0.3 is 24.4 Å². The summed E-state index contributed by atoms with van der Waals surface area (Å²) in [5.41, 5.74) is 3.19. The third-order valence-corrected chi connectivity index (χ3v) is 5.22. The SMILES string of the molecule is COc1ccc(CN(CC2CCCO2)C(=S)Nc2cc(C)ccc2OC)cc1. The second kappa shape index (κ2) is 9.75. The van der Waals surface area contributed by atoms with Gasteiger partial charge in [0.1, 0.15) is 11.5 Å². The van der Waals surface area contributed by atoms with Gasteiger partial charge in [0.2, 0.25) is 0 Å². The van der Waals surface area contributed by atoms with Crippen molar-refractivity contribution >= 4 is 23.0 Å². The van der Waals surface area contributed by atoms with Gasteiger partial charge in [-0.3, -0.25) is 0 Å². The number of anilines is 1. The van der Waals surface area contributed by atoms with Crippen molar-refractivity contribution in [1.29, 1.82) is 0 Å². The zero-order chi connectivity index (χ0) is 19.9. The first-order valence-corrected chi connectivity index (χ1v) is 9.95. The Kier molecular flexibility index (Phi) is 7.12. The van der Waals surface area contributed by atoms with Gasteiger partial charge in [0, 0.05) is 19.7 Å². The highest BCUT2D eigenvalue weighted by molar-refractivity contribution is 7.80. The van der Waals surface area contributed by atoms with E-state index in [9.17, 15) is 0 Å². The average molecular weight is 401 g/mol. The van der Waals surface area contributed by atoms with E-state index in [1.54, 1.807) is 14.2 Å². The lowest BCUT2D eigenvalue weighted by Gasteiger charge is -2.29. The summed E-state index contributed by atoms with van der Waals surface area (Å²) in [6.07, 6.45) is 2.38. The maximum absolute atomic E-state index is 5.85. The maximum atomic E-state index is 5.85. The number of thiocarbonyl (C=S) groups is 1. The van der Waals surface area contributed by atoms with Crippen molar-refractivity contribution in [2.75, 3.05) is 32.7 Å². The second-order valence-corrected chi connectivity index (χ2v) is 7.38. The molecule has 1 atom stereocenters. The van der Waals surface area contributed by atoms with Gasteiger partial charge in [-0.2, -0.15) is 0 Å². The molecule has 150 valence electrons.